The molecule has 0 saturated carbocycles. The number of aromatic hydroxyl groups is 1. The number of amides is 1. The van der Waals surface area contributed by atoms with Gasteiger partial charge in [-0.05, 0) is 24.6 Å². The number of carbonyl (C=O) groups excluding carboxylic acids is 1. The van der Waals surface area contributed by atoms with Gasteiger partial charge in [0.15, 0.2) is 0 Å². The number of hydrogen-bond donors (Lipinski definition) is 2. The number of aryl methyl sites for hydroxylation is 1. The molecule has 0 bridgehead atoms. The quantitative estimate of drug-likeness (QED) is 0.879. The first-order chi connectivity index (χ1) is 9.15. The number of pyridine rings is 1. The van der Waals surface area contributed by atoms with Crippen LogP contribution in [0.5, 0.6) is 5.75 Å². The summed E-state index contributed by atoms with van der Waals surface area (Å²) < 4.78 is 0. The summed E-state index contributed by atoms with van der Waals surface area (Å²) in [5, 5.41) is 12.3. The van der Waals surface area contributed by atoms with Crippen LogP contribution in [0.25, 0.3) is 0 Å². The number of nitrogens with one attached hydrogen (secondary N) is 1. The van der Waals surface area contributed by atoms with Crippen LogP contribution in [0.1, 0.15) is 16.8 Å². The van der Waals surface area contributed by atoms with Crippen LogP contribution in [-0.4, -0.2) is 16.0 Å². The highest BCUT2D eigenvalue weighted by Crippen LogP contribution is 2.12. The maximum atomic E-state index is 11.8. The van der Waals surface area contributed by atoms with Crippen molar-refractivity contribution in [1.29, 1.82) is 0 Å². The Balaban J connectivity index is 1.90. The molecule has 1 heterocycles. The Labute approximate surface area is 112 Å². The molecule has 0 unspecified atom stereocenters. The van der Waals surface area contributed by atoms with E-state index >= 15 is 0 Å². The number of carbonyl (C=O) groups is 1. The lowest BCUT2D eigenvalue weighted by atomic mass is 10.1. The van der Waals surface area contributed by atoms with Crippen molar-refractivity contribution in [3.63, 3.8) is 0 Å². The summed E-state index contributed by atoms with van der Waals surface area (Å²) in [7, 11) is 0. The first-order valence-corrected chi connectivity index (χ1v) is 6.10. The van der Waals surface area contributed by atoms with E-state index in [1.165, 1.54) is 0 Å². The number of aromatic nitrogens is 1. The minimum Gasteiger partial charge on any atom is -0.506 e. The zero-order valence-corrected chi connectivity index (χ0v) is 10.8. The van der Waals surface area contributed by atoms with Gasteiger partial charge in [-0.25, -0.2) is 0 Å². The van der Waals surface area contributed by atoms with E-state index in [9.17, 15) is 9.90 Å². The fraction of sp³-hybridized carbons (Fsp3) is 0.200. The van der Waals surface area contributed by atoms with Crippen LogP contribution in [0.2, 0.25) is 0 Å². The molecule has 0 radical (unpaired) electrons. The third-order valence-electron chi connectivity index (χ3n) is 2.77. The fourth-order valence-corrected chi connectivity index (χ4v) is 1.82. The van der Waals surface area contributed by atoms with Crippen LogP contribution in [0.4, 0.5) is 0 Å². The van der Waals surface area contributed by atoms with Gasteiger partial charge in [0.1, 0.15) is 11.4 Å². The Morgan fingerprint density at radius 2 is 2.16 bits per heavy atom. The highest BCUT2D eigenvalue weighted by Gasteiger charge is 2.06. The van der Waals surface area contributed by atoms with E-state index in [2.05, 4.69) is 10.3 Å². The van der Waals surface area contributed by atoms with Gasteiger partial charge in [0.25, 0.3) is 0 Å². The monoisotopic (exact) mass is 256 g/mol. The van der Waals surface area contributed by atoms with Crippen molar-refractivity contribution in [2.45, 2.75) is 19.9 Å². The van der Waals surface area contributed by atoms with Crippen LogP contribution in [0.15, 0.2) is 42.6 Å². The van der Waals surface area contributed by atoms with Crippen molar-refractivity contribution in [3.8, 4) is 5.75 Å². The molecule has 2 N–H and O–H groups in total. The van der Waals surface area contributed by atoms with Crippen molar-refractivity contribution in [2.75, 3.05) is 0 Å². The Hall–Kier alpha value is -2.36. The molecule has 0 aliphatic heterocycles. The average Bonchev–Trinajstić information content (AvgIpc) is 2.38. The second-order valence-electron chi connectivity index (χ2n) is 4.41. The molecule has 0 saturated heterocycles. The molecule has 98 valence electrons. The average molecular weight is 256 g/mol. The van der Waals surface area contributed by atoms with Crippen LogP contribution >= 0.6 is 0 Å². The molecule has 1 aromatic carbocycles. The molecule has 0 atom stereocenters. The van der Waals surface area contributed by atoms with E-state index in [1.807, 2.05) is 31.2 Å². The third-order valence-corrected chi connectivity index (χ3v) is 2.77. The first kappa shape index (κ1) is 13.1. The second kappa shape index (κ2) is 6.00. The van der Waals surface area contributed by atoms with E-state index in [0.29, 0.717) is 12.1 Å². The Morgan fingerprint density at radius 3 is 2.89 bits per heavy atom. The van der Waals surface area contributed by atoms with Crippen molar-refractivity contribution in [2.24, 2.45) is 0 Å². The van der Waals surface area contributed by atoms with Gasteiger partial charge in [0.2, 0.25) is 5.91 Å². The Morgan fingerprint density at radius 1 is 1.32 bits per heavy atom. The maximum absolute atomic E-state index is 11.8. The predicted molar refractivity (Wildman–Crippen MR) is 72.6 cm³/mol. The number of nitrogens with zero attached hydrogens (tertiary/aromatic N) is 1. The SMILES string of the molecule is Cc1cccc(CC(=O)NCc2ncccc2O)c1. The summed E-state index contributed by atoms with van der Waals surface area (Å²) in [6.07, 6.45) is 1.91. The minimum atomic E-state index is -0.0874. The van der Waals surface area contributed by atoms with Gasteiger partial charge in [0, 0.05) is 6.20 Å². The topological polar surface area (TPSA) is 62.2 Å². The van der Waals surface area contributed by atoms with Crippen LogP contribution in [0, 0.1) is 6.92 Å². The summed E-state index contributed by atoms with van der Waals surface area (Å²) in [5.74, 6) is 0.00834. The van der Waals surface area contributed by atoms with E-state index in [0.717, 1.165) is 11.1 Å². The zero-order valence-electron chi connectivity index (χ0n) is 10.8. The number of benzene rings is 1. The van der Waals surface area contributed by atoms with Gasteiger partial charge in [-0.2, -0.15) is 0 Å². The number of rotatable bonds is 4. The van der Waals surface area contributed by atoms with Crippen molar-refractivity contribution in [1.82, 2.24) is 10.3 Å². The highest BCUT2D eigenvalue weighted by atomic mass is 16.3. The van der Waals surface area contributed by atoms with E-state index in [4.69, 9.17) is 0 Å². The zero-order chi connectivity index (χ0) is 13.7. The smallest absolute Gasteiger partial charge is 0.224 e. The standard InChI is InChI=1S/C15H16N2O2/c1-11-4-2-5-12(8-11)9-15(19)17-10-13-14(18)6-3-7-16-13/h2-8,18H,9-10H2,1H3,(H,17,19). The van der Waals surface area contributed by atoms with E-state index in [-0.39, 0.29) is 18.2 Å². The molecule has 0 aliphatic rings. The third kappa shape index (κ3) is 3.81. The molecule has 19 heavy (non-hydrogen) atoms. The lowest BCUT2D eigenvalue weighted by Crippen LogP contribution is -2.25. The largest absolute Gasteiger partial charge is 0.506 e. The van der Waals surface area contributed by atoms with Gasteiger partial charge in [-0.15, -0.1) is 0 Å². The van der Waals surface area contributed by atoms with Crippen molar-refractivity contribution in [3.05, 3.63) is 59.4 Å². The lowest BCUT2D eigenvalue weighted by molar-refractivity contribution is -0.120. The van der Waals surface area contributed by atoms with Crippen molar-refractivity contribution >= 4 is 5.91 Å². The lowest BCUT2D eigenvalue weighted by Gasteiger charge is -2.06. The molecule has 1 amide bonds. The second-order valence-corrected chi connectivity index (χ2v) is 4.41. The van der Waals surface area contributed by atoms with Gasteiger partial charge < -0.3 is 10.4 Å². The van der Waals surface area contributed by atoms with Crippen LogP contribution < -0.4 is 5.32 Å². The molecule has 0 fully saturated rings. The molecule has 4 nitrogen and oxygen atoms in total. The minimum absolute atomic E-state index is 0.0874. The molecule has 0 spiro atoms. The van der Waals surface area contributed by atoms with Crippen LogP contribution in [-0.2, 0) is 17.8 Å². The van der Waals surface area contributed by atoms with Gasteiger partial charge in [-0.3, -0.25) is 9.78 Å². The predicted octanol–water partition coefficient (Wildman–Crippen LogP) is 1.95. The molecular weight excluding hydrogens is 240 g/mol. The maximum Gasteiger partial charge on any atom is 0.224 e. The molecule has 2 aromatic rings. The summed E-state index contributed by atoms with van der Waals surface area (Å²) >= 11 is 0. The summed E-state index contributed by atoms with van der Waals surface area (Å²) in [6, 6.07) is 11.0. The van der Waals surface area contributed by atoms with E-state index in [1.54, 1.807) is 18.3 Å². The first-order valence-electron chi connectivity index (χ1n) is 6.10. The van der Waals surface area contributed by atoms with Gasteiger partial charge in [-0.1, -0.05) is 29.8 Å². The summed E-state index contributed by atoms with van der Waals surface area (Å²) in [5.41, 5.74) is 2.58. The summed E-state index contributed by atoms with van der Waals surface area (Å²) in [4.78, 5) is 15.8. The van der Waals surface area contributed by atoms with Gasteiger partial charge in [0.05, 0.1) is 13.0 Å². The normalized spacial score (nSPS) is 10.2. The van der Waals surface area contributed by atoms with Crippen molar-refractivity contribution < 1.29 is 9.90 Å². The molecule has 2 rings (SSSR count). The van der Waals surface area contributed by atoms with Gasteiger partial charge >= 0.3 is 0 Å². The highest BCUT2D eigenvalue weighted by molar-refractivity contribution is 5.78. The number of hydrogen-bond acceptors (Lipinski definition) is 3. The molecular formula is C15H16N2O2. The summed E-state index contributed by atoms with van der Waals surface area (Å²) in [6.45, 7) is 2.23. The molecule has 4 heteroatoms. The van der Waals surface area contributed by atoms with Crippen LogP contribution in [0.3, 0.4) is 0 Å². The fourth-order valence-electron chi connectivity index (χ4n) is 1.82. The van der Waals surface area contributed by atoms with E-state index < -0.39 is 0 Å². The molecule has 1 aromatic heterocycles. The molecule has 0 aliphatic carbocycles. The Kier molecular flexibility index (Phi) is 4.13. The Bertz CT molecular complexity index is 582.